The lowest BCUT2D eigenvalue weighted by Crippen LogP contribution is -2.26. The molecule has 0 heterocycles. The van der Waals surface area contributed by atoms with Gasteiger partial charge in [-0.1, -0.05) is 30.3 Å². The van der Waals surface area contributed by atoms with Crippen LogP contribution in [0.15, 0.2) is 83.8 Å². The van der Waals surface area contributed by atoms with Gasteiger partial charge in [0.05, 0.1) is 17.7 Å². The number of carbonyl (C=O) groups excluding carboxylic acids is 1. The van der Waals surface area contributed by atoms with Crippen molar-refractivity contribution in [2.45, 2.75) is 4.90 Å². The van der Waals surface area contributed by atoms with Crippen LogP contribution in [0.5, 0.6) is 5.75 Å². The van der Waals surface area contributed by atoms with Gasteiger partial charge in [-0.25, -0.2) is 8.42 Å². The summed E-state index contributed by atoms with van der Waals surface area (Å²) in [7, 11) is -0.749. The van der Waals surface area contributed by atoms with Gasteiger partial charge in [0.1, 0.15) is 5.75 Å². The fraction of sp³-hybridized carbons (Fsp3) is 0.0952. The molecule has 1 amide bonds. The Morgan fingerprint density at radius 2 is 1.64 bits per heavy atom. The Labute approximate surface area is 164 Å². The Morgan fingerprint density at radius 1 is 0.929 bits per heavy atom. The first kappa shape index (κ1) is 19.4. The number of benzene rings is 3. The first-order valence-corrected chi connectivity index (χ1v) is 9.95. The van der Waals surface area contributed by atoms with Crippen molar-refractivity contribution in [1.82, 2.24) is 0 Å². The quantitative estimate of drug-likeness (QED) is 0.688. The third-order valence-corrected chi connectivity index (χ3v) is 5.98. The zero-order chi connectivity index (χ0) is 20.1. The minimum Gasteiger partial charge on any atom is -0.497 e. The molecule has 3 aromatic carbocycles. The summed E-state index contributed by atoms with van der Waals surface area (Å²) in [6.07, 6.45) is 0. The number of amides is 1. The number of para-hydroxylation sites is 1. The van der Waals surface area contributed by atoms with Crippen molar-refractivity contribution < 1.29 is 17.9 Å². The first-order chi connectivity index (χ1) is 13.4. The largest absolute Gasteiger partial charge is 0.497 e. The SMILES string of the molecule is COc1cccc(C(=O)Nc2cccc(S(=O)(=O)N(C)c3ccccc3)c2)c1. The van der Waals surface area contributed by atoms with E-state index in [2.05, 4.69) is 5.32 Å². The molecule has 3 aromatic rings. The second kappa shape index (κ2) is 8.14. The topological polar surface area (TPSA) is 75.7 Å². The standard InChI is InChI=1S/C21H20N2O4S/c1-23(18-10-4-3-5-11-18)28(25,26)20-13-7-9-17(15-20)22-21(24)16-8-6-12-19(14-16)27-2/h3-15H,1-2H3,(H,22,24). The third kappa shape index (κ3) is 4.15. The molecule has 0 radical (unpaired) electrons. The van der Waals surface area contributed by atoms with Crippen LogP contribution in [0.2, 0.25) is 0 Å². The molecule has 0 atom stereocenters. The number of rotatable bonds is 6. The maximum Gasteiger partial charge on any atom is 0.264 e. The fourth-order valence-electron chi connectivity index (χ4n) is 2.64. The van der Waals surface area contributed by atoms with E-state index < -0.39 is 10.0 Å². The molecule has 7 heteroatoms. The molecule has 144 valence electrons. The molecule has 0 aliphatic rings. The van der Waals surface area contributed by atoms with Crippen molar-refractivity contribution in [3.05, 3.63) is 84.4 Å². The first-order valence-electron chi connectivity index (χ1n) is 8.51. The van der Waals surface area contributed by atoms with Crippen LogP contribution in [0.3, 0.4) is 0 Å². The minimum atomic E-state index is -3.76. The lowest BCUT2D eigenvalue weighted by molar-refractivity contribution is 0.102. The molecular formula is C21H20N2O4S. The molecular weight excluding hydrogens is 376 g/mol. The predicted molar refractivity (Wildman–Crippen MR) is 109 cm³/mol. The van der Waals surface area contributed by atoms with E-state index in [9.17, 15) is 13.2 Å². The van der Waals surface area contributed by atoms with E-state index in [1.165, 1.54) is 30.6 Å². The van der Waals surface area contributed by atoms with Gasteiger partial charge in [-0.15, -0.1) is 0 Å². The maximum absolute atomic E-state index is 12.9. The molecule has 6 nitrogen and oxygen atoms in total. The van der Waals surface area contributed by atoms with E-state index in [0.29, 0.717) is 22.7 Å². The van der Waals surface area contributed by atoms with Gasteiger partial charge >= 0.3 is 0 Å². The lowest BCUT2D eigenvalue weighted by Gasteiger charge is -2.20. The summed E-state index contributed by atoms with van der Waals surface area (Å²) in [5.41, 5.74) is 1.35. The van der Waals surface area contributed by atoms with Crippen molar-refractivity contribution >= 4 is 27.3 Å². The highest BCUT2D eigenvalue weighted by molar-refractivity contribution is 7.92. The summed E-state index contributed by atoms with van der Waals surface area (Å²) >= 11 is 0. The van der Waals surface area contributed by atoms with Gasteiger partial charge in [0.15, 0.2) is 0 Å². The average Bonchev–Trinajstić information content (AvgIpc) is 2.74. The summed E-state index contributed by atoms with van der Waals surface area (Å²) in [5, 5.41) is 2.72. The molecule has 0 saturated heterocycles. The van der Waals surface area contributed by atoms with E-state index in [1.54, 1.807) is 60.7 Å². The average molecular weight is 396 g/mol. The van der Waals surface area contributed by atoms with Gasteiger partial charge < -0.3 is 10.1 Å². The number of hydrogen-bond acceptors (Lipinski definition) is 4. The Bertz CT molecular complexity index is 1080. The van der Waals surface area contributed by atoms with Gasteiger partial charge in [0, 0.05) is 18.3 Å². The van der Waals surface area contributed by atoms with Crippen molar-refractivity contribution in [3.8, 4) is 5.75 Å². The molecule has 3 rings (SSSR count). The van der Waals surface area contributed by atoms with Crippen LogP contribution in [0, 0.1) is 0 Å². The predicted octanol–water partition coefficient (Wildman–Crippen LogP) is 3.77. The summed E-state index contributed by atoms with van der Waals surface area (Å²) in [6, 6.07) is 21.7. The Morgan fingerprint density at radius 3 is 2.36 bits per heavy atom. The van der Waals surface area contributed by atoms with Crippen LogP contribution in [-0.2, 0) is 10.0 Å². The van der Waals surface area contributed by atoms with Gasteiger partial charge in [-0.3, -0.25) is 9.10 Å². The van der Waals surface area contributed by atoms with E-state index in [4.69, 9.17) is 4.74 Å². The number of hydrogen-bond donors (Lipinski definition) is 1. The smallest absolute Gasteiger partial charge is 0.264 e. The second-order valence-corrected chi connectivity index (χ2v) is 7.99. The van der Waals surface area contributed by atoms with Crippen LogP contribution in [0.1, 0.15) is 10.4 Å². The molecule has 0 fully saturated rings. The number of anilines is 2. The molecule has 1 N–H and O–H groups in total. The number of nitrogens with one attached hydrogen (secondary N) is 1. The summed E-state index contributed by atoms with van der Waals surface area (Å²) in [6.45, 7) is 0. The van der Waals surface area contributed by atoms with Crippen LogP contribution in [0.25, 0.3) is 0 Å². The zero-order valence-corrected chi connectivity index (χ0v) is 16.3. The van der Waals surface area contributed by atoms with E-state index >= 15 is 0 Å². The van der Waals surface area contributed by atoms with E-state index in [-0.39, 0.29) is 10.8 Å². The molecule has 0 aromatic heterocycles. The van der Waals surface area contributed by atoms with Crippen LogP contribution in [-0.4, -0.2) is 28.5 Å². The lowest BCUT2D eigenvalue weighted by atomic mass is 10.2. The van der Waals surface area contributed by atoms with Crippen LogP contribution < -0.4 is 14.4 Å². The molecule has 0 aliphatic heterocycles. The highest BCUT2D eigenvalue weighted by atomic mass is 32.2. The van der Waals surface area contributed by atoms with Gasteiger partial charge in [0.25, 0.3) is 15.9 Å². The van der Waals surface area contributed by atoms with Gasteiger partial charge in [0.2, 0.25) is 0 Å². The third-order valence-electron chi connectivity index (χ3n) is 4.20. The Hall–Kier alpha value is -3.32. The number of nitrogens with zero attached hydrogens (tertiary/aromatic N) is 1. The molecule has 0 bridgehead atoms. The number of ether oxygens (including phenoxy) is 1. The van der Waals surface area contributed by atoms with Gasteiger partial charge in [-0.2, -0.15) is 0 Å². The van der Waals surface area contributed by atoms with Crippen molar-refractivity contribution in [2.75, 3.05) is 23.8 Å². The maximum atomic E-state index is 12.9. The molecule has 0 spiro atoms. The Kier molecular flexibility index (Phi) is 5.65. The normalized spacial score (nSPS) is 10.9. The number of methoxy groups -OCH3 is 1. The Balaban J connectivity index is 1.84. The molecule has 0 saturated carbocycles. The van der Waals surface area contributed by atoms with Crippen molar-refractivity contribution in [1.29, 1.82) is 0 Å². The van der Waals surface area contributed by atoms with E-state index in [0.717, 1.165) is 0 Å². The summed E-state index contributed by atoms with van der Waals surface area (Å²) in [5.74, 6) is 0.207. The van der Waals surface area contributed by atoms with Crippen LogP contribution in [0.4, 0.5) is 11.4 Å². The summed E-state index contributed by atoms with van der Waals surface area (Å²) in [4.78, 5) is 12.6. The molecule has 28 heavy (non-hydrogen) atoms. The number of carbonyl (C=O) groups is 1. The highest BCUT2D eigenvalue weighted by Gasteiger charge is 2.21. The summed E-state index contributed by atoms with van der Waals surface area (Å²) < 4.78 is 32.2. The fourth-order valence-corrected chi connectivity index (χ4v) is 3.88. The van der Waals surface area contributed by atoms with Gasteiger partial charge in [-0.05, 0) is 48.5 Å². The zero-order valence-electron chi connectivity index (χ0n) is 15.5. The van der Waals surface area contributed by atoms with Crippen molar-refractivity contribution in [3.63, 3.8) is 0 Å². The highest BCUT2D eigenvalue weighted by Crippen LogP contribution is 2.24. The van der Waals surface area contributed by atoms with E-state index in [1.807, 2.05) is 6.07 Å². The monoisotopic (exact) mass is 396 g/mol. The number of sulfonamides is 1. The van der Waals surface area contributed by atoms with Crippen LogP contribution >= 0.6 is 0 Å². The van der Waals surface area contributed by atoms with Crippen molar-refractivity contribution in [2.24, 2.45) is 0 Å². The molecule has 0 aliphatic carbocycles. The molecule has 0 unspecified atom stereocenters. The minimum absolute atomic E-state index is 0.0855. The second-order valence-electron chi connectivity index (χ2n) is 6.02.